The van der Waals surface area contributed by atoms with Crippen LogP contribution in [0, 0.1) is 5.92 Å². The summed E-state index contributed by atoms with van der Waals surface area (Å²) >= 11 is 0. The molecule has 0 radical (unpaired) electrons. The predicted octanol–water partition coefficient (Wildman–Crippen LogP) is 2.12. The van der Waals surface area contributed by atoms with Crippen LogP contribution in [0.4, 0.5) is 0 Å². The van der Waals surface area contributed by atoms with Crippen molar-refractivity contribution in [1.29, 1.82) is 0 Å². The molecule has 1 amide bonds. The van der Waals surface area contributed by atoms with E-state index in [1.807, 2.05) is 24.3 Å². The molecule has 0 aliphatic carbocycles. The number of nitrogens with one attached hydrogen (secondary N) is 1. The number of likely N-dealkylation sites (N-methyl/N-ethyl adjacent to an activating group) is 1. The van der Waals surface area contributed by atoms with Gasteiger partial charge in [0.2, 0.25) is 5.91 Å². The van der Waals surface area contributed by atoms with E-state index in [0.29, 0.717) is 5.92 Å². The summed E-state index contributed by atoms with van der Waals surface area (Å²) in [6.07, 6.45) is 1.00. The summed E-state index contributed by atoms with van der Waals surface area (Å²) in [7, 11) is 3.55. The Morgan fingerprint density at radius 3 is 2.13 bits per heavy atom. The van der Waals surface area contributed by atoms with Gasteiger partial charge in [0.1, 0.15) is 6.04 Å². The maximum Gasteiger partial charge on any atom is 0.327 e. The second-order valence-electron chi connectivity index (χ2n) is 6.72. The SMILES string of the molecule is CC(C)Cc1ccc(C(C)C(=O)NC(CN(C)C)C(=O)O)cc1. The van der Waals surface area contributed by atoms with Crippen molar-refractivity contribution in [2.75, 3.05) is 20.6 Å². The molecule has 128 valence electrons. The first-order chi connectivity index (χ1) is 10.7. The van der Waals surface area contributed by atoms with Gasteiger partial charge in [-0.1, -0.05) is 38.1 Å². The van der Waals surface area contributed by atoms with Gasteiger partial charge in [-0.25, -0.2) is 4.79 Å². The van der Waals surface area contributed by atoms with Gasteiger partial charge in [-0.2, -0.15) is 0 Å². The standard InChI is InChI=1S/C18H28N2O3/c1-12(2)10-14-6-8-15(9-7-14)13(3)17(21)19-16(18(22)23)11-20(4)5/h6-9,12-13,16H,10-11H2,1-5H3,(H,19,21)(H,22,23). The van der Waals surface area contributed by atoms with Crippen LogP contribution in [0.25, 0.3) is 0 Å². The molecule has 2 atom stereocenters. The van der Waals surface area contributed by atoms with Crippen molar-refractivity contribution in [1.82, 2.24) is 10.2 Å². The quantitative estimate of drug-likeness (QED) is 0.770. The summed E-state index contributed by atoms with van der Waals surface area (Å²) < 4.78 is 0. The summed E-state index contributed by atoms with van der Waals surface area (Å²) in [5.41, 5.74) is 2.14. The van der Waals surface area contributed by atoms with Crippen LogP contribution in [0.5, 0.6) is 0 Å². The smallest absolute Gasteiger partial charge is 0.327 e. The molecular weight excluding hydrogens is 292 g/mol. The number of rotatable bonds is 8. The molecule has 0 aliphatic rings. The number of carboxylic acids is 1. The van der Waals surface area contributed by atoms with Crippen molar-refractivity contribution >= 4 is 11.9 Å². The van der Waals surface area contributed by atoms with Crippen molar-refractivity contribution in [3.8, 4) is 0 Å². The van der Waals surface area contributed by atoms with Gasteiger partial charge < -0.3 is 15.3 Å². The van der Waals surface area contributed by atoms with E-state index < -0.39 is 12.0 Å². The van der Waals surface area contributed by atoms with E-state index in [-0.39, 0.29) is 18.4 Å². The lowest BCUT2D eigenvalue weighted by Crippen LogP contribution is -2.48. The molecule has 0 saturated carbocycles. The fourth-order valence-corrected chi connectivity index (χ4v) is 2.41. The summed E-state index contributed by atoms with van der Waals surface area (Å²) in [4.78, 5) is 25.3. The Morgan fingerprint density at radius 2 is 1.70 bits per heavy atom. The highest BCUT2D eigenvalue weighted by atomic mass is 16.4. The second-order valence-corrected chi connectivity index (χ2v) is 6.72. The van der Waals surface area contributed by atoms with Gasteiger partial charge >= 0.3 is 5.97 Å². The Bertz CT molecular complexity index is 524. The molecule has 0 bridgehead atoms. The first-order valence-electron chi connectivity index (χ1n) is 7.97. The normalized spacial score (nSPS) is 13.9. The number of nitrogens with zero attached hydrogens (tertiary/aromatic N) is 1. The van der Waals surface area contributed by atoms with E-state index in [2.05, 4.69) is 19.2 Å². The Hall–Kier alpha value is -1.88. The van der Waals surface area contributed by atoms with Crippen LogP contribution in [0.1, 0.15) is 37.8 Å². The molecule has 2 unspecified atom stereocenters. The summed E-state index contributed by atoms with van der Waals surface area (Å²) in [6.45, 7) is 6.39. The zero-order valence-corrected chi connectivity index (χ0v) is 14.7. The highest BCUT2D eigenvalue weighted by Crippen LogP contribution is 2.18. The number of carbonyl (C=O) groups excluding carboxylic acids is 1. The van der Waals surface area contributed by atoms with Gasteiger partial charge in [0.05, 0.1) is 5.92 Å². The fourth-order valence-electron chi connectivity index (χ4n) is 2.41. The number of hydrogen-bond donors (Lipinski definition) is 2. The highest BCUT2D eigenvalue weighted by Gasteiger charge is 2.24. The van der Waals surface area contributed by atoms with Crippen molar-refractivity contribution in [2.24, 2.45) is 5.92 Å². The lowest BCUT2D eigenvalue weighted by molar-refractivity contribution is -0.142. The summed E-state index contributed by atoms with van der Waals surface area (Å²) in [5, 5.41) is 11.8. The molecule has 1 aromatic carbocycles. The zero-order chi connectivity index (χ0) is 17.6. The molecule has 23 heavy (non-hydrogen) atoms. The predicted molar refractivity (Wildman–Crippen MR) is 91.5 cm³/mol. The molecule has 0 fully saturated rings. The van der Waals surface area contributed by atoms with E-state index in [1.54, 1.807) is 25.9 Å². The van der Waals surface area contributed by atoms with Crippen LogP contribution in [0.3, 0.4) is 0 Å². The maximum absolute atomic E-state index is 12.3. The number of carboxylic acid groups (broad SMARTS) is 1. The number of benzene rings is 1. The number of aliphatic carboxylic acids is 1. The van der Waals surface area contributed by atoms with Crippen LogP contribution in [0.2, 0.25) is 0 Å². The molecule has 5 heteroatoms. The number of amides is 1. The third-order valence-corrected chi connectivity index (χ3v) is 3.68. The number of hydrogen-bond acceptors (Lipinski definition) is 3. The minimum Gasteiger partial charge on any atom is -0.480 e. The fraction of sp³-hybridized carbons (Fsp3) is 0.556. The second kappa shape index (κ2) is 8.67. The van der Waals surface area contributed by atoms with Gasteiger partial charge in [-0.05, 0) is 44.5 Å². The molecule has 1 rings (SSSR count). The minimum absolute atomic E-state index is 0.265. The molecule has 2 N–H and O–H groups in total. The molecule has 0 saturated heterocycles. The first kappa shape index (κ1) is 19.2. The molecular formula is C18H28N2O3. The lowest BCUT2D eigenvalue weighted by Gasteiger charge is -2.21. The van der Waals surface area contributed by atoms with E-state index in [0.717, 1.165) is 12.0 Å². The van der Waals surface area contributed by atoms with Crippen molar-refractivity contribution < 1.29 is 14.7 Å². The Balaban J connectivity index is 2.73. The van der Waals surface area contributed by atoms with Crippen LogP contribution >= 0.6 is 0 Å². The average molecular weight is 320 g/mol. The average Bonchev–Trinajstić information content (AvgIpc) is 2.45. The van der Waals surface area contributed by atoms with Crippen molar-refractivity contribution in [2.45, 2.75) is 39.2 Å². The third kappa shape index (κ3) is 6.40. The molecule has 1 aromatic rings. The van der Waals surface area contributed by atoms with Crippen molar-refractivity contribution in [3.05, 3.63) is 35.4 Å². The largest absolute Gasteiger partial charge is 0.480 e. The van der Waals surface area contributed by atoms with Crippen LogP contribution in [-0.4, -0.2) is 48.6 Å². The van der Waals surface area contributed by atoms with Gasteiger partial charge in [0, 0.05) is 6.54 Å². The van der Waals surface area contributed by atoms with E-state index >= 15 is 0 Å². The lowest BCUT2D eigenvalue weighted by atomic mass is 9.96. The Kier molecular flexibility index (Phi) is 7.23. The Morgan fingerprint density at radius 1 is 1.13 bits per heavy atom. The molecule has 0 spiro atoms. The van der Waals surface area contributed by atoms with Crippen molar-refractivity contribution in [3.63, 3.8) is 0 Å². The molecule has 0 aromatic heterocycles. The van der Waals surface area contributed by atoms with Gasteiger partial charge in [-0.3, -0.25) is 4.79 Å². The molecule has 0 aliphatic heterocycles. The minimum atomic E-state index is -1.02. The summed E-state index contributed by atoms with van der Waals surface area (Å²) in [5.74, 6) is -1.08. The zero-order valence-electron chi connectivity index (χ0n) is 14.7. The first-order valence-corrected chi connectivity index (χ1v) is 7.97. The highest BCUT2D eigenvalue weighted by molar-refractivity contribution is 5.87. The van der Waals surface area contributed by atoms with Crippen LogP contribution in [0.15, 0.2) is 24.3 Å². The summed E-state index contributed by atoms with van der Waals surface area (Å²) in [6, 6.07) is 7.06. The van der Waals surface area contributed by atoms with Gasteiger partial charge in [0.25, 0.3) is 0 Å². The number of carbonyl (C=O) groups is 2. The topological polar surface area (TPSA) is 69.6 Å². The molecule has 5 nitrogen and oxygen atoms in total. The van der Waals surface area contributed by atoms with Gasteiger partial charge in [0.15, 0.2) is 0 Å². The van der Waals surface area contributed by atoms with E-state index in [9.17, 15) is 14.7 Å². The van der Waals surface area contributed by atoms with Crippen LogP contribution in [-0.2, 0) is 16.0 Å². The third-order valence-electron chi connectivity index (χ3n) is 3.68. The van der Waals surface area contributed by atoms with Gasteiger partial charge in [-0.15, -0.1) is 0 Å². The Labute approximate surface area is 138 Å². The van der Waals surface area contributed by atoms with E-state index in [4.69, 9.17) is 0 Å². The molecule has 0 heterocycles. The van der Waals surface area contributed by atoms with Crippen LogP contribution < -0.4 is 5.32 Å². The van der Waals surface area contributed by atoms with E-state index in [1.165, 1.54) is 5.56 Å². The maximum atomic E-state index is 12.3. The monoisotopic (exact) mass is 320 g/mol.